The lowest BCUT2D eigenvalue weighted by atomic mass is 10.3. The Kier molecular flexibility index (Phi) is 4.53. The highest BCUT2D eigenvalue weighted by Gasteiger charge is 2.18. The Morgan fingerprint density at radius 2 is 1.95 bits per heavy atom. The summed E-state index contributed by atoms with van der Waals surface area (Å²) in [5.74, 6) is -0.712. The van der Waals surface area contributed by atoms with Crippen LogP contribution in [0.2, 0.25) is 10.2 Å². The Balaban J connectivity index is 2.38. The molecule has 0 bridgehead atoms. The monoisotopic (exact) mass is 398 g/mol. The summed E-state index contributed by atoms with van der Waals surface area (Å²) in [4.78, 5) is 3.42. The molecule has 0 aliphatic rings. The molecular weight excluding hydrogens is 394 g/mol. The summed E-state index contributed by atoms with van der Waals surface area (Å²) in [6, 6.07) is 5.08. The lowest BCUT2D eigenvalue weighted by Crippen LogP contribution is -2.14. The van der Waals surface area contributed by atoms with Crippen molar-refractivity contribution in [2.45, 2.75) is 4.90 Å². The van der Waals surface area contributed by atoms with Gasteiger partial charge in [0.25, 0.3) is 10.0 Å². The molecule has 0 radical (unpaired) electrons. The lowest BCUT2D eigenvalue weighted by Gasteiger charge is -2.09. The van der Waals surface area contributed by atoms with E-state index in [-0.39, 0.29) is 20.8 Å². The molecule has 1 aromatic heterocycles. The topological polar surface area (TPSA) is 59.1 Å². The molecule has 106 valence electrons. The maximum atomic E-state index is 13.6. The molecule has 0 fully saturated rings. The number of benzene rings is 1. The molecule has 2 aromatic rings. The normalized spacial score (nSPS) is 11.4. The molecule has 1 aromatic carbocycles. The fourth-order valence-electron chi connectivity index (χ4n) is 1.33. The Labute approximate surface area is 133 Å². The summed E-state index contributed by atoms with van der Waals surface area (Å²) >= 11 is 14.4. The third-order valence-corrected chi connectivity index (χ3v) is 4.77. The van der Waals surface area contributed by atoms with E-state index in [2.05, 4.69) is 25.6 Å². The fourth-order valence-corrected chi connectivity index (χ4v) is 3.03. The van der Waals surface area contributed by atoms with Gasteiger partial charge in [0, 0.05) is 10.7 Å². The lowest BCUT2D eigenvalue weighted by molar-refractivity contribution is 0.598. The van der Waals surface area contributed by atoms with Gasteiger partial charge in [-0.25, -0.2) is 17.8 Å². The smallest absolute Gasteiger partial charge is 0.263 e. The van der Waals surface area contributed by atoms with E-state index in [9.17, 15) is 12.8 Å². The van der Waals surface area contributed by atoms with Crippen molar-refractivity contribution in [1.29, 1.82) is 0 Å². The number of hydrogen-bond acceptors (Lipinski definition) is 3. The van der Waals surface area contributed by atoms with Crippen molar-refractivity contribution in [2.24, 2.45) is 0 Å². The summed E-state index contributed by atoms with van der Waals surface area (Å²) in [5, 5.41) is -0.0220. The minimum atomic E-state index is -4.00. The average molecular weight is 400 g/mol. The van der Waals surface area contributed by atoms with Crippen molar-refractivity contribution in [1.82, 2.24) is 4.98 Å². The van der Waals surface area contributed by atoms with Crippen LogP contribution >= 0.6 is 39.1 Å². The van der Waals surface area contributed by atoms with Crippen molar-refractivity contribution in [3.8, 4) is 0 Å². The van der Waals surface area contributed by atoms with Gasteiger partial charge in [-0.3, -0.25) is 4.72 Å². The molecule has 0 amide bonds. The van der Waals surface area contributed by atoms with Crippen LogP contribution in [-0.4, -0.2) is 13.4 Å². The minimum absolute atomic E-state index is 0.00850. The summed E-state index contributed by atoms with van der Waals surface area (Å²) in [5.41, 5.74) is -0.181. The number of halogens is 4. The Morgan fingerprint density at radius 1 is 1.25 bits per heavy atom. The van der Waals surface area contributed by atoms with Crippen LogP contribution in [0.5, 0.6) is 0 Å². The van der Waals surface area contributed by atoms with Crippen LogP contribution in [0.4, 0.5) is 10.1 Å². The molecule has 0 atom stereocenters. The number of sulfonamides is 1. The SMILES string of the molecule is O=S(=O)(Nc1ccc(Br)cc1F)c1cnc(Cl)c(Cl)c1. The minimum Gasteiger partial charge on any atom is -0.277 e. The fraction of sp³-hybridized carbons (Fsp3) is 0. The molecule has 1 heterocycles. The summed E-state index contributed by atoms with van der Waals surface area (Å²) in [6.45, 7) is 0. The van der Waals surface area contributed by atoms with Gasteiger partial charge in [-0.2, -0.15) is 0 Å². The van der Waals surface area contributed by atoms with Crippen molar-refractivity contribution in [3.63, 3.8) is 0 Å². The van der Waals surface area contributed by atoms with Crippen molar-refractivity contribution in [3.05, 3.63) is 50.9 Å². The average Bonchev–Trinajstić information content (AvgIpc) is 2.36. The number of pyridine rings is 1. The largest absolute Gasteiger partial charge is 0.277 e. The third-order valence-electron chi connectivity index (χ3n) is 2.26. The summed E-state index contributed by atoms with van der Waals surface area (Å²) in [7, 11) is -4.00. The maximum absolute atomic E-state index is 13.6. The van der Waals surface area contributed by atoms with E-state index < -0.39 is 15.8 Å². The molecule has 1 N–H and O–H groups in total. The van der Waals surface area contributed by atoms with E-state index in [4.69, 9.17) is 23.2 Å². The van der Waals surface area contributed by atoms with Crippen LogP contribution in [0.15, 0.2) is 39.8 Å². The van der Waals surface area contributed by atoms with Gasteiger partial charge in [0.15, 0.2) is 0 Å². The molecule has 0 aliphatic carbocycles. The molecular formula is C11H6BrCl2FN2O2S. The zero-order valence-electron chi connectivity index (χ0n) is 9.57. The first-order valence-corrected chi connectivity index (χ1v) is 8.12. The summed E-state index contributed by atoms with van der Waals surface area (Å²) in [6.07, 6.45) is 1.04. The highest BCUT2D eigenvalue weighted by atomic mass is 79.9. The van der Waals surface area contributed by atoms with Gasteiger partial charge >= 0.3 is 0 Å². The molecule has 0 saturated heterocycles. The number of hydrogen-bond donors (Lipinski definition) is 1. The second-order valence-corrected chi connectivity index (χ2v) is 7.04. The zero-order valence-corrected chi connectivity index (χ0v) is 13.5. The van der Waals surface area contributed by atoms with Crippen LogP contribution in [0.1, 0.15) is 0 Å². The summed E-state index contributed by atoms with van der Waals surface area (Å²) < 4.78 is 40.4. The van der Waals surface area contributed by atoms with E-state index in [1.54, 1.807) is 0 Å². The van der Waals surface area contributed by atoms with Gasteiger partial charge in [-0.05, 0) is 24.3 Å². The van der Waals surface area contributed by atoms with Gasteiger partial charge in [-0.15, -0.1) is 0 Å². The quantitative estimate of drug-likeness (QED) is 0.790. The first-order valence-electron chi connectivity index (χ1n) is 5.08. The molecule has 20 heavy (non-hydrogen) atoms. The third kappa shape index (κ3) is 3.41. The van der Waals surface area contributed by atoms with Crippen molar-refractivity contribution in [2.75, 3.05) is 4.72 Å². The van der Waals surface area contributed by atoms with E-state index in [0.717, 1.165) is 18.3 Å². The van der Waals surface area contributed by atoms with Crippen LogP contribution in [-0.2, 0) is 10.0 Å². The highest BCUT2D eigenvalue weighted by Crippen LogP contribution is 2.25. The number of nitrogens with zero attached hydrogens (tertiary/aromatic N) is 1. The number of rotatable bonds is 3. The molecule has 0 spiro atoms. The second kappa shape index (κ2) is 5.85. The van der Waals surface area contributed by atoms with Gasteiger partial charge in [0.1, 0.15) is 15.9 Å². The number of anilines is 1. The van der Waals surface area contributed by atoms with Gasteiger partial charge in [0.05, 0.1) is 10.7 Å². The predicted octanol–water partition coefficient (Wildman–Crippen LogP) is 4.09. The van der Waals surface area contributed by atoms with E-state index in [1.807, 2.05) is 0 Å². The van der Waals surface area contributed by atoms with Crippen molar-refractivity contribution < 1.29 is 12.8 Å². The van der Waals surface area contributed by atoms with Crippen molar-refractivity contribution >= 4 is 54.8 Å². The first-order chi connectivity index (χ1) is 9.29. The van der Waals surface area contributed by atoms with Gasteiger partial charge in [-0.1, -0.05) is 39.1 Å². The molecule has 0 saturated carbocycles. The standard InChI is InChI=1S/C11H6BrCl2FN2O2S/c12-6-1-2-10(9(15)3-6)17-20(18,19)7-4-8(13)11(14)16-5-7/h1-5,17H. The highest BCUT2D eigenvalue weighted by molar-refractivity contribution is 9.10. The van der Waals surface area contributed by atoms with Gasteiger partial charge in [0.2, 0.25) is 0 Å². The van der Waals surface area contributed by atoms with Crippen LogP contribution < -0.4 is 4.72 Å². The molecule has 0 aliphatic heterocycles. The molecule has 9 heteroatoms. The number of nitrogens with one attached hydrogen (secondary N) is 1. The van der Waals surface area contributed by atoms with E-state index in [1.165, 1.54) is 12.1 Å². The first kappa shape index (κ1) is 15.5. The zero-order chi connectivity index (χ0) is 14.9. The Hall–Kier alpha value is -0.890. The van der Waals surface area contributed by atoms with Crippen LogP contribution in [0.25, 0.3) is 0 Å². The van der Waals surface area contributed by atoms with E-state index in [0.29, 0.717) is 4.47 Å². The maximum Gasteiger partial charge on any atom is 0.263 e. The van der Waals surface area contributed by atoms with Gasteiger partial charge < -0.3 is 0 Å². The predicted molar refractivity (Wildman–Crippen MR) is 79.2 cm³/mol. The van der Waals surface area contributed by atoms with Crippen LogP contribution in [0.3, 0.4) is 0 Å². The number of aromatic nitrogens is 1. The Morgan fingerprint density at radius 3 is 2.55 bits per heavy atom. The molecule has 2 rings (SSSR count). The Bertz CT molecular complexity index is 771. The molecule has 0 unspecified atom stereocenters. The molecule has 4 nitrogen and oxygen atoms in total. The van der Waals surface area contributed by atoms with E-state index >= 15 is 0 Å². The second-order valence-electron chi connectivity index (χ2n) is 3.67. The van der Waals surface area contributed by atoms with Crippen LogP contribution in [0, 0.1) is 5.82 Å².